The first-order valence-corrected chi connectivity index (χ1v) is 44.6. The zero-order valence-electron chi connectivity index (χ0n) is 81.4. The molecular weight excluding hydrogens is 1540 g/mol. The Morgan fingerprint density at radius 3 is 0.823 bits per heavy atom. The number of carbonyl (C=O) groups excluding carboxylic acids is 3. The van der Waals surface area contributed by atoms with E-state index in [9.17, 15) is 14.4 Å². The van der Waals surface area contributed by atoms with Crippen LogP contribution in [0.5, 0.6) is 0 Å². The van der Waals surface area contributed by atoms with Crippen molar-refractivity contribution in [3.8, 4) is 0 Å². The summed E-state index contributed by atoms with van der Waals surface area (Å²) in [5.74, 6) is 0.198. The number of anilines is 6. The molecule has 8 aromatic rings. The summed E-state index contributed by atoms with van der Waals surface area (Å²) >= 11 is 0. The van der Waals surface area contributed by atoms with Gasteiger partial charge in [0.25, 0.3) is 0 Å². The van der Waals surface area contributed by atoms with Crippen molar-refractivity contribution >= 4 is 51.5 Å². The molecule has 0 unspecified atom stereocenters. The van der Waals surface area contributed by atoms with Gasteiger partial charge in [0.2, 0.25) is 0 Å². The summed E-state index contributed by atoms with van der Waals surface area (Å²) in [4.78, 5) is 70.5. The van der Waals surface area contributed by atoms with Crippen molar-refractivity contribution in [3.63, 3.8) is 0 Å². The Hall–Kier alpha value is -8.91. The number of aryl methyl sites for hydroxylation is 1. The summed E-state index contributed by atoms with van der Waals surface area (Å²) in [6.45, 7) is 36.4. The highest BCUT2D eigenvalue weighted by molar-refractivity contribution is 6.10. The summed E-state index contributed by atoms with van der Waals surface area (Å²) < 4.78 is 16.3. The third-order valence-corrected chi connectivity index (χ3v) is 20.8. The summed E-state index contributed by atoms with van der Waals surface area (Å²) in [6.07, 6.45) is 2.54. The molecule has 686 valence electrons. The molecule has 21 heteroatoms. The van der Waals surface area contributed by atoms with E-state index in [2.05, 4.69) is 227 Å². The Labute approximate surface area is 752 Å². The SMILES string of the molecule is C1CN(CCOCCN2CCOCC2)CCO1.CCN(CC)c1ccc(C(=O)c2ccc(N(CC)CC)cc2)cc1.CN(C)CCCN(C)CCCN(C)C.CN(C)CCN(C)CCN(C)C.CN(C)Cc1ccccc1.CN(C)c1ccc(C(=O)c2ccc(N(C)C)cc2)cc1.CN(C)c1ccc(C(=O)c2ccccc2)cc1.Cc1ccc(N(C)C)cc1. The van der Waals surface area contributed by atoms with Crippen LogP contribution >= 0.6 is 0 Å². The molecule has 0 saturated carbocycles. The quantitative estimate of drug-likeness (QED) is 0.0269. The second kappa shape index (κ2) is 63.9. The van der Waals surface area contributed by atoms with Crippen LogP contribution in [0.1, 0.15) is 99.4 Å². The number of nitrogens with zero attached hydrogens (tertiary/aromatic N) is 15. The molecule has 0 aromatic heterocycles. The standard InChI is InChI=1S/C21H28N2O.C17H20N2O.C15H15NO.C12H24N2O3.C11H27N3.C9H23N3.2C9H13N/c1-5-22(6-2)19-13-9-17(10-14-19)21(24)18-11-15-20(16-12-18)23(7-3)8-4;1-18(2)15-9-5-13(6-10-15)17(20)14-7-11-16(12-8-14)19(3)4;1-16(2)14-10-8-13(9-11-14)15(17)12-6-4-3-5-7-12;1-7-15-8-2-13(1)5-11-17-12-6-14-3-9-16-10-4-14;1-12(2)8-6-10-14(5)11-7-9-13(3)4;1-10(2)6-8-12(5)9-7-11(3)4;1-8-4-6-9(7-5-8)10(2)3;1-10(2)8-9-6-4-3-5-7-9/h9-16H,5-8H2,1-4H3;5-12H,1-4H3;3-11H,1-2H3;1-12H2;6-11H2,1-5H3;6-9H2,1-5H3;4-7H,1-3H3;3-7H,8H2,1-2H3. The average molecular weight is 1710 g/mol. The van der Waals surface area contributed by atoms with Gasteiger partial charge in [0.15, 0.2) is 17.3 Å². The number of hydrogen-bond acceptors (Lipinski definition) is 21. The Balaban J connectivity index is 0.000000372. The highest BCUT2D eigenvalue weighted by Gasteiger charge is 2.16. The van der Waals surface area contributed by atoms with Gasteiger partial charge in [-0.3, -0.25) is 24.2 Å². The summed E-state index contributed by atoms with van der Waals surface area (Å²) in [5.41, 5.74) is 13.9. The first-order chi connectivity index (χ1) is 59.3. The van der Waals surface area contributed by atoms with Gasteiger partial charge in [0, 0.05) is 222 Å². The number of rotatable bonds is 38. The highest BCUT2D eigenvalue weighted by Crippen LogP contribution is 2.23. The van der Waals surface area contributed by atoms with E-state index in [4.69, 9.17) is 14.2 Å². The lowest BCUT2D eigenvalue weighted by Gasteiger charge is -2.27. The molecule has 0 amide bonds. The Kier molecular flexibility index (Phi) is 56.3. The average Bonchev–Trinajstić information content (AvgIpc) is 0.841. The van der Waals surface area contributed by atoms with E-state index in [-0.39, 0.29) is 17.3 Å². The van der Waals surface area contributed by atoms with Crippen LogP contribution in [-0.2, 0) is 20.8 Å². The van der Waals surface area contributed by atoms with Gasteiger partial charge in [-0.2, -0.15) is 0 Å². The van der Waals surface area contributed by atoms with Gasteiger partial charge in [-0.25, -0.2) is 0 Å². The monoisotopic (exact) mass is 1710 g/mol. The van der Waals surface area contributed by atoms with Crippen molar-refractivity contribution in [1.29, 1.82) is 0 Å². The van der Waals surface area contributed by atoms with E-state index in [0.29, 0.717) is 11.1 Å². The molecule has 2 aliphatic heterocycles. The van der Waals surface area contributed by atoms with E-state index in [1.54, 1.807) is 0 Å². The lowest BCUT2D eigenvalue weighted by molar-refractivity contribution is 0.00538. The van der Waals surface area contributed by atoms with Crippen LogP contribution in [0.25, 0.3) is 0 Å². The normalized spacial score (nSPS) is 12.5. The zero-order chi connectivity index (χ0) is 91.7. The van der Waals surface area contributed by atoms with Crippen LogP contribution in [0, 0.1) is 6.92 Å². The molecule has 2 aliphatic rings. The van der Waals surface area contributed by atoms with E-state index in [0.717, 1.165) is 189 Å². The van der Waals surface area contributed by atoms with Crippen LogP contribution in [-0.4, -0.2) is 360 Å². The third-order valence-electron chi connectivity index (χ3n) is 20.8. The number of carbonyl (C=O) groups is 3. The molecule has 0 aliphatic carbocycles. The van der Waals surface area contributed by atoms with Crippen LogP contribution in [0.3, 0.4) is 0 Å². The molecule has 124 heavy (non-hydrogen) atoms. The lowest BCUT2D eigenvalue weighted by Crippen LogP contribution is -2.40. The molecule has 2 heterocycles. The molecule has 0 N–H and O–H groups in total. The predicted molar refractivity (Wildman–Crippen MR) is 532 cm³/mol. The Morgan fingerprint density at radius 1 is 0.298 bits per heavy atom. The minimum atomic E-state index is 0.0561. The minimum Gasteiger partial charge on any atom is -0.379 e. The largest absolute Gasteiger partial charge is 0.379 e. The van der Waals surface area contributed by atoms with Gasteiger partial charge < -0.3 is 77.9 Å². The summed E-state index contributed by atoms with van der Waals surface area (Å²) in [5, 5.41) is 0. The fraction of sp³-hybridized carbons (Fsp3) is 0.505. The fourth-order valence-electron chi connectivity index (χ4n) is 12.9. The van der Waals surface area contributed by atoms with Crippen LogP contribution in [0.4, 0.5) is 34.1 Å². The smallest absolute Gasteiger partial charge is 0.193 e. The van der Waals surface area contributed by atoms with Gasteiger partial charge in [-0.15, -0.1) is 0 Å². The first kappa shape index (κ1) is 109. The molecule has 0 spiro atoms. The van der Waals surface area contributed by atoms with E-state index in [1.807, 2.05) is 229 Å². The maximum absolute atomic E-state index is 12.7. The van der Waals surface area contributed by atoms with Crippen LogP contribution < -0.4 is 29.4 Å². The summed E-state index contributed by atoms with van der Waals surface area (Å²) in [6, 6.07) is 67.1. The van der Waals surface area contributed by atoms with Gasteiger partial charge in [-0.1, -0.05) is 78.4 Å². The third kappa shape index (κ3) is 47.4. The molecule has 0 radical (unpaired) electrons. The molecule has 0 bridgehead atoms. The Bertz CT molecular complexity index is 3830. The van der Waals surface area contributed by atoms with Crippen molar-refractivity contribution in [2.75, 3.05) is 328 Å². The topological polar surface area (TPSA) is 127 Å². The number of likely N-dealkylation sites (N-methyl/N-ethyl adjacent to an activating group) is 3. The van der Waals surface area contributed by atoms with E-state index in [1.165, 1.54) is 55.8 Å². The number of morpholine rings is 2. The van der Waals surface area contributed by atoms with Crippen LogP contribution in [0.15, 0.2) is 206 Å². The molecule has 2 fully saturated rings. The molecule has 21 nitrogen and oxygen atoms in total. The van der Waals surface area contributed by atoms with Crippen molar-refractivity contribution in [2.45, 2.75) is 54.0 Å². The van der Waals surface area contributed by atoms with Crippen LogP contribution in [0.2, 0.25) is 0 Å². The van der Waals surface area contributed by atoms with Crippen molar-refractivity contribution in [1.82, 2.24) is 44.1 Å². The number of benzene rings is 8. The summed E-state index contributed by atoms with van der Waals surface area (Å²) in [7, 11) is 41.5. The van der Waals surface area contributed by atoms with Gasteiger partial charge in [0.1, 0.15) is 0 Å². The molecule has 8 aromatic carbocycles. The second-order valence-electron chi connectivity index (χ2n) is 33.6. The molecule has 0 atom stereocenters. The Morgan fingerprint density at radius 2 is 0.556 bits per heavy atom. The first-order valence-electron chi connectivity index (χ1n) is 44.6. The predicted octanol–water partition coefficient (Wildman–Crippen LogP) is 15.0. The van der Waals surface area contributed by atoms with Gasteiger partial charge in [0.05, 0.1) is 39.6 Å². The fourth-order valence-corrected chi connectivity index (χ4v) is 12.9. The maximum atomic E-state index is 12.7. The second-order valence-corrected chi connectivity index (χ2v) is 33.6. The van der Waals surface area contributed by atoms with Gasteiger partial charge >= 0.3 is 0 Å². The maximum Gasteiger partial charge on any atom is 0.193 e. The molecular formula is C103H163N15O6. The number of hydrogen-bond donors (Lipinski definition) is 0. The lowest BCUT2D eigenvalue weighted by atomic mass is 10.0. The van der Waals surface area contributed by atoms with Crippen molar-refractivity contribution in [2.24, 2.45) is 0 Å². The zero-order valence-corrected chi connectivity index (χ0v) is 81.4. The minimum absolute atomic E-state index is 0.0561. The van der Waals surface area contributed by atoms with Gasteiger partial charge in [-0.05, 0) is 297 Å². The molecule has 2 saturated heterocycles. The number of ether oxygens (including phenoxy) is 3. The molecule has 10 rings (SSSR count). The van der Waals surface area contributed by atoms with E-state index >= 15 is 0 Å². The number of ketones is 3. The van der Waals surface area contributed by atoms with Crippen molar-refractivity contribution < 1.29 is 28.6 Å². The van der Waals surface area contributed by atoms with E-state index < -0.39 is 0 Å². The van der Waals surface area contributed by atoms with Crippen molar-refractivity contribution in [3.05, 3.63) is 251 Å². The highest BCUT2D eigenvalue weighted by atomic mass is 16.5.